The highest BCUT2D eigenvalue weighted by Gasteiger charge is 2.46. The number of hydrogen-bond donors (Lipinski definition) is 1. The lowest BCUT2D eigenvalue weighted by Gasteiger charge is -2.29. The van der Waals surface area contributed by atoms with E-state index < -0.39 is 22.7 Å². The number of likely N-dealkylation sites (tertiary alicyclic amines) is 1. The Bertz CT molecular complexity index is 1080. The molecule has 2 aromatic rings. The van der Waals surface area contributed by atoms with Gasteiger partial charge < -0.3 is 14.7 Å². The van der Waals surface area contributed by atoms with Crippen LogP contribution in [0.2, 0.25) is 0 Å². The third kappa shape index (κ3) is 4.79. The molecule has 2 aliphatic heterocycles. The van der Waals surface area contributed by atoms with E-state index >= 15 is 0 Å². The van der Waals surface area contributed by atoms with Crippen molar-refractivity contribution in [1.29, 1.82) is 0 Å². The Kier molecular flexibility index (Phi) is 6.81. The summed E-state index contributed by atoms with van der Waals surface area (Å²) in [6.45, 7) is 3.94. The van der Waals surface area contributed by atoms with E-state index in [1.807, 2.05) is 0 Å². The Hall–Kier alpha value is -3.56. The van der Waals surface area contributed by atoms with Crippen LogP contribution in [0, 0.1) is 10.1 Å². The lowest BCUT2D eigenvalue weighted by Crippen LogP contribution is -2.39. The predicted octanol–water partition coefficient (Wildman–Crippen LogP) is 2.74. The summed E-state index contributed by atoms with van der Waals surface area (Å²) in [5.41, 5.74) is 0.607. The molecule has 1 unspecified atom stereocenters. The van der Waals surface area contributed by atoms with Crippen LogP contribution in [0.1, 0.15) is 23.6 Å². The molecule has 2 fully saturated rings. The minimum atomic E-state index is -0.908. The number of hydrogen-bond acceptors (Lipinski definition) is 7. The molecule has 2 heterocycles. The van der Waals surface area contributed by atoms with Crippen molar-refractivity contribution in [3.63, 3.8) is 0 Å². The molecule has 9 nitrogen and oxygen atoms in total. The SMILES string of the molecule is O=C1C(=O)N(CCCN2CCOCC2)C(c2cccc([N+](=O)[O-])c2)/C1=C(\O)c1ccccc1. The number of morpholine rings is 1. The van der Waals surface area contributed by atoms with Gasteiger partial charge in [-0.3, -0.25) is 24.6 Å². The minimum absolute atomic E-state index is 0.0573. The van der Waals surface area contributed by atoms with Gasteiger partial charge in [0.1, 0.15) is 5.76 Å². The maximum atomic E-state index is 13.0. The molecule has 0 saturated carbocycles. The monoisotopic (exact) mass is 451 g/mol. The average Bonchev–Trinajstić information content (AvgIpc) is 3.10. The van der Waals surface area contributed by atoms with Gasteiger partial charge in [0.25, 0.3) is 17.4 Å². The summed E-state index contributed by atoms with van der Waals surface area (Å²) in [6.07, 6.45) is 0.615. The molecular formula is C24H25N3O6. The van der Waals surface area contributed by atoms with Crippen molar-refractivity contribution in [2.75, 3.05) is 39.4 Å². The minimum Gasteiger partial charge on any atom is -0.507 e. The van der Waals surface area contributed by atoms with E-state index in [2.05, 4.69) is 4.90 Å². The molecule has 0 spiro atoms. The van der Waals surface area contributed by atoms with Crippen molar-refractivity contribution >= 4 is 23.1 Å². The zero-order valence-electron chi connectivity index (χ0n) is 18.1. The highest BCUT2D eigenvalue weighted by Crippen LogP contribution is 2.40. The number of benzene rings is 2. The van der Waals surface area contributed by atoms with E-state index in [1.165, 1.54) is 23.1 Å². The Morgan fingerprint density at radius 2 is 1.79 bits per heavy atom. The summed E-state index contributed by atoms with van der Waals surface area (Å²) in [5.74, 6) is -1.80. The zero-order valence-corrected chi connectivity index (χ0v) is 18.1. The van der Waals surface area contributed by atoms with Gasteiger partial charge in [0.15, 0.2) is 0 Å². The van der Waals surface area contributed by atoms with Crippen LogP contribution >= 0.6 is 0 Å². The zero-order chi connectivity index (χ0) is 23.4. The van der Waals surface area contributed by atoms with Gasteiger partial charge in [-0.15, -0.1) is 0 Å². The van der Waals surface area contributed by atoms with E-state index in [9.17, 15) is 24.8 Å². The molecule has 1 amide bonds. The molecule has 9 heteroatoms. The third-order valence-corrected chi connectivity index (χ3v) is 5.96. The fourth-order valence-corrected chi connectivity index (χ4v) is 4.31. The largest absolute Gasteiger partial charge is 0.507 e. The standard InChI is InChI=1S/C24H25N3O6/c28-22(17-6-2-1-3-7-17)20-21(18-8-4-9-19(16-18)27(31)32)26(24(30)23(20)29)11-5-10-25-12-14-33-15-13-25/h1-4,6-9,16,21,28H,5,10-15H2/b22-20+. The molecule has 0 aliphatic carbocycles. The number of nitro benzene ring substituents is 1. The molecule has 2 saturated heterocycles. The third-order valence-electron chi connectivity index (χ3n) is 5.96. The summed E-state index contributed by atoms with van der Waals surface area (Å²) >= 11 is 0. The topological polar surface area (TPSA) is 113 Å². The van der Waals surface area contributed by atoms with Gasteiger partial charge in [0, 0.05) is 43.9 Å². The van der Waals surface area contributed by atoms with Gasteiger partial charge in [0.2, 0.25) is 0 Å². The first-order chi connectivity index (χ1) is 16.0. The summed E-state index contributed by atoms with van der Waals surface area (Å²) < 4.78 is 5.36. The van der Waals surface area contributed by atoms with Crippen LogP contribution in [0.3, 0.4) is 0 Å². The number of nitrogens with zero attached hydrogens (tertiary/aromatic N) is 3. The summed E-state index contributed by atoms with van der Waals surface area (Å²) in [4.78, 5) is 40.5. The predicted molar refractivity (Wildman–Crippen MR) is 120 cm³/mol. The van der Waals surface area contributed by atoms with Crippen LogP contribution in [-0.4, -0.2) is 70.9 Å². The number of non-ortho nitro benzene ring substituents is 1. The lowest BCUT2D eigenvalue weighted by molar-refractivity contribution is -0.384. The highest BCUT2D eigenvalue weighted by atomic mass is 16.6. The number of ketones is 1. The Labute approximate surface area is 191 Å². The summed E-state index contributed by atoms with van der Waals surface area (Å²) in [6, 6.07) is 13.5. The second kappa shape index (κ2) is 9.93. The van der Waals surface area contributed by atoms with Gasteiger partial charge in [-0.1, -0.05) is 42.5 Å². The molecular weight excluding hydrogens is 426 g/mol. The van der Waals surface area contributed by atoms with Crippen molar-refractivity contribution < 1.29 is 24.4 Å². The molecule has 172 valence electrons. The first-order valence-electron chi connectivity index (χ1n) is 10.9. The fourth-order valence-electron chi connectivity index (χ4n) is 4.31. The van der Waals surface area contributed by atoms with Crippen LogP contribution in [-0.2, 0) is 14.3 Å². The number of nitro groups is 1. The quantitative estimate of drug-likeness (QED) is 0.226. The molecule has 2 aliphatic rings. The maximum Gasteiger partial charge on any atom is 0.295 e. The number of aliphatic hydroxyl groups excluding tert-OH is 1. The van der Waals surface area contributed by atoms with Gasteiger partial charge in [0.05, 0.1) is 29.8 Å². The number of Topliss-reactive ketones (excluding diaryl/α,β-unsaturated/α-hetero) is 1. The summed E-state index contributed by atoms with van der Waals surface area (Å²) in [5, 5.41) is 22.3. The van der Waals surface area contributed by atoms with E-state index in [1.54, 1.807) is 36.4 Å². The van der Waals surface area contributed by atoms with E-state index in [0.29, 0.717) is 30.8 Å². The number of carbonyl (C=O) groups excluding carboxylic acids is 2. The Morgan fingerprint density at radius 3 is 2.48 bits per heavy atom. The molecule has 33 heavy (non-hydrogen) atoms. The molecule has 1 atom stereocenters. The number of rotatable bonds is 7. The average molecular weight is 451 g/mol. The van der Waals surface area contributed by atoms with E-state index in [-0.39, 0.29) is 23.6 Å². The van der Waals surface area contributed by atoms with Crippen LogP contribution in [0.25, 0.3) is 5.76 Å². The van der Waals surface area contributed by atoms with Gasteiger partial charge >= 0.3 is 0 Å². The molecule has 1 N–H and O–H groups in total. The van der Waals surface area contributed by atoms with Gasteiger partial charge in [-0.25, -0.2) is 0 Å². The molecule has 0 aromatic heterocycles. The first kappa shape index (κ1) is 22.6. The number of carbonyl (C=O) groups is 2. The summed E-state index contributed by atoms with van der Waals surface area (Å²) in [7, 11) is 0. The van der Waals surface area contributed by atoms with Crippen molar-refractivity contribution in [2.45, 2.75) is 12.5 Å². The Balaban J connectivity index is 1.70. The molecule has 4 rings (SSSR count). The Morgan fingerprint density at radius 1 is 1.06 bits per heavy atom. The highest BCUT2D eigenvalue weighted by molar-refractivity contribution is 6.46. The van der Waals surface area contributed by atoms with Crippen molar-refractivity contribution in [2.24, 2.45) is 0 Å². The van der Waals surface area contributed by atoms with Crippen LogP contribution < -0.4 is 0 Å². The van der Waals surface area contributed by atoms with Crippen LogP contribution in [0.5, 0.6) is 0 Å². The van der Waals surface area contributed by atoms with Crippen molar-refractivity contribution in [3.8, 4) is 0 Å². The normalized spacial score (nSPS) is 20.8. The first-order valence-corrected chi connectivity index (χ1v) is 10.9. The van der Waals surface area contributed by atoms with Crippen LogP contribution in [0.15, 0.2) is 60.2 Å². The van der Waals surface area contributed by atoms with E-state index in [0.717, 1.165) is 19.6 Å². The number of amides is 1. The van der Waals surface area contributed by atoms with Gasteiger partial charge in [-0.2, -0.15) is 0 Å². The second-order valence-electron chi connectivity index (χ2n) is 8.02. The second-order valence-corrected chi connectivity index (χ2v) is 8.02. The molecule has 0 radical (unpaired) electrons. The van der Waals surface area contributed by atoms with Gasteiger partial charge in [-0.05, 0) is 12.0 Å². The molecule has 0 bridgehead atoms. The van der Waals surface area contributed by atoms with E-state index in [4.69, 9.17) is 4.74 Å². The number of ether oxygens (including phenoxy) is 1. The lowest BCUT2D eigenvalue weighted by atomic mass is 9.95. The van der Waals surface area contributed by atoms with Crippen molar-refractivity contribution in [1.82, 2.24) is 9.80 Å². The fraction of sp³-hybridized carbons (Fsp3) is 0.333. The molecule has 2 aromatic carbocycles. The number of aliphatic hydroxyl groups is 1. The maximum absolute atomic E-state index is 13.0. The smallest absolute Gasteiger partial charge is 0.295 e. The van der Waals surface area contributed by atoms with Crippen molar-refractivity contribution in [3.05, 3.63) is 81.4 Å². The van der Waals surface area contributed by atoms with Crippen LogP contribution in [0.4, 0.5) is 5.69 Å².